The molecule has 0 aliphatic rings. The maximum absolute atomic E-state index is 12.6. The number of methoxy groups -OCH3 is 1. The van der Waals surface area contributed by atoms with Crippen LogP contribution in [-0.2, 0) is 11.3 Å². The number of imidazole rings is 1. The fourth-order valence-corrected chi connectivity index (χ4v) is 2.51. The summed E-state index contributed by atoms with van der Waals surface area (Å²) in [5.74, 6) is 0. The van der Waals surface area contributed by atoms with Gasteiger partial charge in [0.15, 0.2) is 0 Å². The Morgan fingerprint density at radius 3 is 2.79 bits per heavy atom. The zero-order valence-electron chi connectivity index (χ0n) is 13.6. The molecule has 0 atom stereocenters. The molecule has 2 aromatic heterocycles. The number of carbonyl (C=O) groups excluding carboxylic acids is 1. The summed E-state index contributed by atoms with van der Waals surface area (Å²) in [5, 5.41) is 2.87. The summed E-state index contributed by atoms with van der Waals surface area (Å²) >= 11 is 0. The topological polar surface area (TPSA) is 58.9 Å². The van der Waals surface area contributed by atoms with Gasteiger partial charge in [-0.3, -0.25) is 4.90 Å². The Morgan fingerprint density at radius 1 is 1.21 bits per heavy atom. The van der Waals surface area contributed by atoms with E-state index in [4.69, 9.17) is 4.74 Å². The number of nitrogens with one attached hydrogen (secondary N) is 1. The summed E-state index contributed by atoms with van der Waals surface area (Å²) in [6.45, 7) is 1.36. The second kappa shape index (κ2) is 7.61. The van der Waals surface area contributed by atoms with Crippen LogP contribution in [0.5, 0.6) is 0 Å². The normalized spacial score (nSPS) is 10.7. The molecule has 0 aliphatic carbocycles. The quantitative estimate of drug-likeness (QED) is 0.709. The Labute approximate surface area is 140 Å². The van der Waals surface area contributed by atoms with Gasteiger partial charge in [-0.15, -0.1) is 0 Å². The van der Waals surface area contributed by atoms with Crippen molar-refractivity contribution in [1.82, 2.24) is 14.7 Å². The molecule has 0 aliphatic heterocycles. The van der Waals surface area contributed by atoms with Gasteiger partial charge in [0.05, 0.1) is 25.0 Å². The first kappa shape index (κ1) is 16.0. The van der Waals surface area contributed by atoms with Crippen molar-refractivity contribution in [3.8, 4) is 0 Å². The minimum absolute atomic E-state index is 0.163. The van der Waals surface area contributed by atoms with Gasteiger partial charge in [0.1, 0.15) is 5.65 Å². The number of urea groups is 1. The first-order valence-electron chi connectivity index (χ1n) is 7.80. The number of rotatable bonds is 6. The minimum atomic E-state index is -0.163. The van der Waals surface area contributed by atoms with E-state index in [9.17, 15) is 4.79 Å². The number of benzene rings is 1. The number of nitrogens with zero attached hydrogens (tertiary/aromatic N) is 3. The molecule has 24 heavy (non-hydrogen) atoms. The molecule has 0 saturated carbocycles. The molecule has 0 bridgehead atoms. The lowest BCUT2D eigenvalue weighted by molar-refractivity contribution is 0.197. The summed E-state index contributed by atoms with van der Waals surface area (Å²) in [6.07, 6.45) is 3.75. The van der Waals surface area contributed by atoms with E-state index in [1.54, 1.807) is 18.2 Å². The molecule has 3 rings (SSSR count). The number of ether oxygens (including phenoxy) is 1. The van der Waals surface area contributed by atoms with Gasteiger partial charge in [-0.2, -0.15) is 0 Å². The molecule has 1 aromatic carbocycles. The molecule has 1 N–H and O–H groups in total. The fraction of sp³-hybridized carbons (Fsp3) is 0.222. The SMILES string of the molecule is COCCNC(=O)N(Cc1cnc2ccccn12)c1ccccc1. The van der Waals surface area contributed by atoms with E-state index in [0.717, 1.165) is 17.0 Å². The summed E-state index contributed by atoms with van der Waals surface area (Å²) in [5.41, 5.74) is 2.63. The van der Waals surface area contributed by atoms with E-state index in [1.165, 1.54) is 0 Å². The molecule has 6 nitrogen and oxygen atoms in total. The molecule has 0 radical (unpaired) electrons. The van der Waals surface area contributed by atoms with Gasteiger partial charge in [0.25, 0.3) is 0 Å². The highest BCUT2D eigenvalue weighted by Crippen LogP contribution is 2.18. The fourth-order valence-electron chi connectivity index (χ4n) is 2.51. The van der Waals surface area contributed by atoms with Gasteiger partial charge in [-0.05, 0) is 24.3 Å². The second-order valence-corrected chi connectivity index (χ2v) is 5.32. The standard InChI is InChI=1S/C18H20N4O2/c1-24-12-10-19-18(23)22(15-7-3-2-4-8-15)14-16-13-20-17-9-5-6-11-21(16)17/h2-9,11,13H,10,12,14H2,1H3,(H,19,23). The van der Waals surface area contributed by atoms with E-state index in [2.05, 4.69) is 10.3 Å². The number of fused-ring (bicyclic) bond motifs is 1. The van der Waals surface area contributed by atoms with Crippen molar-refractivity contribution in [2.75, 3.05) is 25.2 Å². The van der Waals surface area contributed by atoms with Crippen LogP contribution >= 0.6 is 0 Å². The van der Waals surface area contributed by atoms with Gasteiger partial charge >= 0.3 is 6.03 Å². The Morgan fingerprint density at radius 2 is 2.00 bits per heavy atom. The first-order chi connectivity index (χ1) is 11.8. The summed E-state index contributed by atoms with van der Waals surface area (Å²) in [7, 11) is 1.61. The maximum atomic E-state index is 12.6. The third kappa shape index (κ3) is 3.55. The largest absolute Gasteiger partial charge is 0.383 e. The second-order valence-electron chi connectivity index (χ2n) is 5.32. The van der Waals surface area contributed by atoms with Crippen LogP contribution in [0.4, 0.5) is 10.5 Å². The Bertz CT molecular complexity index is 801. The minimum Gasteiger partial charge on any atom is -0.383 e. The van der Waals surface area contributed by atoms with Crippen molar-refractivity contribution in [2.24, 2.45) is 0 Å². The van der Waals surface area contributed by atoms with E-state index >= 15 is 0 Å². The van der Waals surface area contributed by atoms with Crippen LogP contribution < -0.4 is 10.2 Å². The third-order valence-electron chi connectivity index (χ3n) is 3.71. The summed E-state index contributed by atoms with van der Waals surface area (Å²) in [6, 6.07) is 15.3. The van der Waals surface area contributed by atoms with Crippen molar-refractivity contribution < 1.29 is 9.53 Å². The molecule has 0 fully saturated rings. The lowest BCUT2D eigenvalue weighted by Gasteiger charge is -2.23. The predicted molar refractivity (Wildman–Crippen MR) is 93.1 cm³/mol. The van der Waals surface area contributed by atoms with E-state index in [1.807, 2.05) is 59.1 Å². The van der Waals surface area contributed by atoms with Crippen LogP contribution in [0.15, 0.2) is 60.9 Å². The van der Waals surface area contributed by atoms with Crippen LogP contribution in [-0.4, -0.2) is 35.7 Å². The van der Waals surface area contributed by atoms with Gasteiger partial charge in [-0.1, -0.05) is 24.3 Å². The Hall–Kier alpha value is -2.86. The molecule has 124 valence electrons. The number of hydrogen-bond acceptors (Lipinski definition) is 3. The van der Waals surface area contributed by atoms with Gasteiger partial charge in [0, 0.05) is 25.5 Å². The van der Waals surface area contributed by atoms with Crippen molar-refractivity contribution in [2.45, 2.75) is 6.54 Å². The average Bonchev–Trinajstić information content (AvgIpc) is 3.03. The highest BCUT2D eigenvalue weighted by atomic mass is 16.5. The van der Waals surface area contributed by atoms with E-state index in [-0.39, 0.29) is 6.03 Å². The van der Waals surface area contributed by atoms with Crippen LogP contribution in [0.25, 0.3) is 5.65 Å². The molecule has 0 spiro atoms. The molecule has 0 unspecified atom stereocenters. The lowest BCUT2D eigenvalue weighted by atomic mass is 10.3. The highest BCUT2D eigenvalue weighted by molar-refractivity contribution is 5.91. The van der Waals surface area contributed by atoms with Crippen molar-refractivity contribution >= 4 is 17.4 Å². The molecule has 2 heterocycles. The van der Waals surface area contributed by atoms with Crippen LogP contribution in [0.1, 0.15) is 5.69 Å². The zero-order chi connectivity index (χ0) is 16.8. The molecule has 6 heteroatoms. The number of para-hydroxylation sites is 1. The lowest BCUT2D eigenvalue weighted by Crippen LogP contribution is -2.41. The smallest absolute Gasteiger partial charge is 0.322 e. The average molecular weight is 324 g/mol. The van der Waals surface area contributed by atoms with E-state index in [0.29, 0.717) is 19.7 Å². The summed E-state index contributed by atoms with van der Waals surface area (Å²) < 4.78 is 6.98. The molecular weight excluding hydrogens is 304 g/mol. The van der Waals surface area contributed by atoms with Crippen LogP contribution in [0.2, 0.25) is 0 Å². The number of hydrogen-bond donors (Lipinski definition) is 1. The number of anilines is 1. The van der Waals surface area contributed by atoms with Crippen LogP contribution in [0.3, 0.4) is 0 Å². The van der Waals surface area contributed by atoms with Gasteiger partial charge in [0.2, 0.25) is 0 Å². The van der Waals surface area contributed by atoms with Gasteiger partial charge in [-0.25, -0.2) is 9.78 Å². The van der Waals surface area contributed by atoms with Crippen molar-refractivity contribution in [3.63, 3.8) is 0 Å². The molecule has 3 aromatic rings. The number of pyridine rings is 1. The van der Waals surface area contributed by atoms with Gasteiger partial charge < -0.3 is 14.5 Å². The first-order valence-corrected chi connectivity index (χ1v) is 7.80. The number of carbonyl (C=O) groups is 1. The van der Waals surface area contributed by atoms with Crippen molar-refractivity contribution in [3.05, 3.63) is 66.6 Å². The number of aromatic nitrogens is 2. The molecule has 0 saturated heterocycles. The van der Waals surface area contributed by atoms with Crippen LogP contribution in [0, 0.1) is 0 Å². The number of amides is 2. The third-order valence-corrected chi connectivity index (χ3v) is 3.71. The molecule has 2 amide bonds. The highest BCUT2D eigenvalue weighted by Gasteiger charge is 2.17. The predicted octanol–water partition coefficient (Wildman–Crippen LogP) is 2.70. The zero-order valence-corrected chi connectivity index (χ0v) is 13.6. The Kier molecular flexibility index (Phi) is 5.08. The Balaban J connectivity index is 1.86. The monoisotopic (exact) mass is 324 g/mol. The molecular formula is C18H20N4O2. The summed E-state index contributed by atoms with van der Waals surface area (Å²) in [4.78, 5) is 18.7. The van der Waals surface area contributed by atoms with Crippen molar-refractivity contribution in [1.29, 1.82) is 0 Å². The van der Waals surface area contributed by atoms with E-state index < -0.39 is 0 Å². The maximum Gasteiger partial charge on any atom is 0.322 e.